The minimum atomic E-state index is -0.167. The highest BCUT2D eigenvalue weighted by Gasteiger charge is 2.23. The van der Waals surface area contributed by atoms with Crippen molar-refractivity contribution in [1.29, 1.82) is 0 Å². The van der Waals surface area contributed by atoms with E-state index in [1.54, 1.807) is 12.1 Å². The van der Waals surface area contributed by atoms with Crippen molar-refractivity contribution in [2.75, 3.05) is 0 Å². The molecule has 1 aliphatic rings. The summed E-state index contributed by atoms with van der Waals surface area (Å²) in [4.78, 5) is 29.0. The summed E-state index contributed by atoms with van der Waals surface area (Å²) < 4.78 is 7.18. The molecule has 1 amide bonds. The van der Waals surface area contributed by atoms with Gasteiger partial charge in [0.2, 0.25) is 11.8 Å². The summed E-state index contributed by atoms with van der Waals surface area (Å²) >= 11 is 0. The fraction of sp³-hybridized carbons (Fsp3) is 0.400. The van der Waals surface area contributed by atoms with Gasteiger partial charge in [0.25, 0.3) is 0 Å². The third-order valence-corrected chi connectivity index (χ3v) is 5.16. The van der Waals surface area contributed by atoms with Crippen LogP contribution in [0.2, 0.25) is 0 Å². The molecule has 140 valence electrons. The number of pyridine rings is 1. The topological polar surface area (TPSA) is 90.0 Å². The molecule has 1 aromatic carbocycles. The van der Waals surface area contributed by atoms with E-state index in [-0.39, 0.29) is 24.4 Å². The molecule has 2 heterocycles. The SMILES string of the molecule is Cc1cc(=O)c2ccccc2n1CC(=O)NCc1noc(C2CCCC2)n1. The van der Waals surface area contributed by atoms with Crippen LogP contribution in [-0.2, 0) is 17.9 Å². The molecule has 2 aromatic heterocycles. The first-order valence-corrected chi connectivity index (χ1v) is 9.30. The van der Waals surface area contributed by atoms with E-state index >= 15 is 0 Å². The Morgan fingerprint density at radius 1 is 1.30 bits per heavy atom. The summed E-state index contributed by atoms with van der Waals surface area (Å²) in [6, 6.07) is 8.86. The van der Waals surface area contributed by atoms with Crippen molar-refractivity contribution in [2.45, 2.75) is 51.6 Å². The molecule has 7 nitrogen and oxygen atoms in total. The molecule has 0 unspecified atom stereocenters. The first kappa shape index (κ1) is 17.5. The number of para-hydroxylation sites is 1. The van der Waals surface area contributed by atoms with Crippen molar-refractivity contribution in [1.82, 2.24) is 20.0 Å². The van der Waals surface area contributed by atoms with Gasteiger partial charge in [-0.25, -0.2) is 0 Å². The smallest absolute Gasteiger partial charge is 0.240 e. The summed E-state index contributed by atoms with van der Waals surface area (Å²) in [5.41, 5.74) is 1.46. The molecule has 1 fully saturated rings. The van der Waals surface area contributed by atoms with Gasteiger partial charge in [-0.2, -0.15) is 4.98 Å². The zero-order valence-electron chi connectivity index (χ0n) is 15.3. The first-order valence-electron chi connectivity index (χ1n) is 9.30. The number of fused-ring (bicyclic) bond motifs is 1. The van der Waals surface area contributed by atoms with Gasteiger partial charge in [-0.15, -0.1) is 0 Å². The number of carbonyl (C=O) groups is 1. The normalized spacial score (nSPS) is 14.7. The molecule has 4 rings (SSSR count). The zero-order chi connectivity index (χ0) is 18.8. The molecule has 0 saturated heterocycles. The van der Waals surface area contributed by atoms with Crippen LogP contribution in [-0.4, -0.2) is 20.6 Å². The number of nitrogens with one attached hydrogen (secondary N) is 1. The Morgan fingerprint density at radius 3 is 2.89 bits per heavy atom. The van der Waals surface area contributed by atoms with Crippen LogP contribution in [0.5, 0.6) is 0 Å². The quantitative estimate of drug-likeness (QED) is 0.750. The van der Waals surface area contributed by atoms with Crippen LogP contribution in [0.4, 0.5) is 0 Å². The van der Waals surface area contributed by atoms with E-state index < -0.39 is 0 Å². The van der Waals surface area contributed by atoms with Crippen LogP contribution in [0, 0.1) is 6.92 Å². The zero-order valence-corrected chi connectivity index (χ0v) is 15.3. The number of carbonyl (C=O) groups excluding carboxylic acids is 1. The molecule has 7 heteroatoms. The number of hydrogen-bond donors (Lipinski definition) is 1. The predicted molar refractivity (Wildman–Crippen MR) is 100 cm³/mol. The van der Waals surface area contributed by atoms with Gasteiger partial charge < -0.3 is 14.4 Å². The Hall–Kier alpha value is -2.96. The molecule has 0 aliphatic heterocycles. The van der Waals surface area contributed by atoms with Gasteiger partial charge in [0.15, 0.2) is 11.3 Å². The second kappa shape index (κ2) is 7.34. The average Bonchev–Trinajstić information content (AvgIpc) is 3.35. The van der Waals surface area contributed by atoms with Gasteiger partial charge in [0.1, 0.15) is 6.54 Å². The maximum atomic E-state index is 12.4. The fourth-order valence-electron chi connectivity index (χ4n) is 3.72. The van der Waals surface area contributed by atoms with Gasteiger partial charge >= 0.3 is 0 Å². The molecule has 0 spiro atoms. The number of rotatable bonds is 5. The van der Waals surface area contributed by atoms with Gasteiger partial charge in [-0.3, -0.25) is 9.59 Å². The van der Waals surface area contributed by atoms with Crippen molar-refractivity contribution in [2.24, 2.45) is 0 Å². The van der Waals surface area contributed by atoms with Crippen LogP contribution in [0.15, 0.2) is 39.6 Å². The maximum Gasteiger partial charge on any atom is 0.240 e. The van der Waals surface area contributed by atoms with Crippen LogP contribution >= 0.6 is 0 Å². The van der Waals surface area contributed by atoms with Crippen molar-refractivity contribution < 1.29 is 9.32 Å². The molecule has 0 atom stereocenters. The monoisotopic (exact) mass is 366 g/mol. The number of amides is 1. The van der Waals surface area contributed by atoms with Gasteiger partial charge in [-0.05, 0) is 31.9 Å². The molecule has 1 saturated carbocycles. The Morgan fingerprint density at radius 2 is 2.07 bits per heavy atom. The van der Waals surface area contributed by atoms with Crippen molar-refractivity contribution >= 4 is 16.8 Å². The summed E-state index contributed by atoms with van der Waals surface area (Å²) in [5.74, 6) is 1.36. The van der Waals surface area contributed by atoms with E-state index in [2.05, 4.69) is 15.5 Å². The Labute approximate surface area is 156 Å². The van der Waals surface area contributed by atoms with E-state index in [1.165, 1.54) is 12.8 Å². The molecule has 3 aromatic rings. The van der Waals surface area contributed by atoms with Crippen molar-refractivity contribution in [3.05, 3.63) is 58.0 Å². The second-order valence-electron chi connectivity index (χ2n) is 7.06. The minimum absolute atomic E-state index is 0.0361. The second-order valence-corrected chi connectivity index (χ2v) is 7.06. The summed E-state index contributed by atoms with van der Waals surface area (Å²) in [6.45, 7) is 2.18. The van der Waals surface area contributed by atoms with E-state index in [0.717, 1.165) is 24.1 Å². The molecule has 1 aliphatic carbocycles. The minimum Gasteiger partial charge on any atom is -0.347 e. The molecular formula is C20H22N4O3. The Kier molecular flexibility index (Phi) is 4.75. The lowest BCUT2D eigenvalue weighted by Crippen LogP contribution is -2.29. The highest BCUT2D eigenvalue weighted by Crippen LogP contribution is 2.32. The third-order valence-electron chi connectivity index (χ3n) is 5.16. The van der Waals surface area contributed by atoms with Crippen molar-refractivity contribution in [3.63, 3.8) is 0 Å². The summed E-state index contributed by atoms with van der Waals surface area (Å²) in [6.07, 6.45) is 4.58. The number of hydrogen-bond acceptors (Lipinski definition) is 5. The van der Waals surface area contributed by atoms with Crippen molar-refractivity contribution in [3.8, 4) is 0 Å². The van der Waals surface area contributed by atoms with Crippen LogP contribution in [0.1, 0.15) is 49.0 Å². The Balaban J connectivity index is 1.44. The highest BCUT2D eigenvalue weighted by molar-refractivity contribution is 5.82. The van der Waals surface area contributed by atoms with Gasteiger partial charge in [0, 0.05) is 23.1 Å². The van der Waals surface area contributed by atoms with Crippen LogP contribution in [0.25, 0.3) is 10.9 Å². The van der Waals surface area contributed by atoms with Crippen LogP contribution < -0.4 is 10.7 Å². The Bertz CT molecular complexity index is 1030. The lowest BCUT2D eigenvalue weighted by atomic mass is 10.1. The molecule has 27 heavy (non-hydrogen) atoms. The molecule has 0 bridgehead atoms. The average molecular weight is 366 g/mol. The fourth-order valence-corrected chi connectivity index (χ4v) is 3.72. The standard InChI is InChI=1S/C20H22N4O3/c1-13-10-17(25)15-8-4-5-9-16(15)24(13)12-19(26)21-11-18-22-20(27-23-18)14-6-2-3-7-14/h4-5,8-10,14H,2-3,6-7,11-12H2,1H3,(H,21,26). The highest BCUT2D eigenvalue weighted by atomic mass is 16.5. The first-order chi connectivity index (χ1) is 13.1. The van der Waals surface area contributed by atoms with E-state index in [9.17, 15) is 9.59 Å². The third kappa shape index (κ3) is 3.63. The van der Waals surface area contributed by atoms with E-state index in [4.69, 9.17) is 4.52 Å². The number of aromatic nitrogens is 3. The van der Waals surface area contributed by atoms with E-state index in [0.29, 0.717) is 23.0 Å². The predicted octanol–water partition coefficient (Wildman–Crippen LogP) is 2.67. The lowest BCUT2D eigenvalue weighted by Gasteiger charge is -2.14. The maximum absolute atomic E-state index is 12.4. The summed E-state index contributed by atoms with van der Waals surface area (Å²) in [7, 11) is 0. The van der Waals surface area contributed by atoms with E-state index in [1.807, 2.05) is 29.7 Å². The largest absolute Gasteiger partial charge is 0.347 e. The van der Waals surface area contributed by atoms with Crippen LogP contribution in [0.3, 0.4) is 0 Å². The number of nitrogens with zero attached hydrogens (tertiary/aromatic N) is 3. The molecule has 1 N–H and O–H groups in total. The van der Waals surface area contributed by atoms with Gasteiger partial charge in [-0.1, -0.05) is 30.1 Å². The number of benzene rings is 1. The number of aryl methyl sites for hydroxylation is 1. The molecule has 0 radical (unpaired) electrons. The van der Waals surface area contributed by atoms with Gasteiger partial charge in [0.05, 0.1) is 12.1 Å². The molecular weight excluding hydrogens is 344 g/mol. The summed E-state index contributed by atoms with van der Waals surface area (Å²) in [5, 5.41) is 7.41. The lowest BCUT2D eigenvalue weighted by molar-refractivity contribution is -0.121.